The largest absolute Gasteiger partial charge is 0.407 e. The van der Waals surface area contributed by atoms with Crippen LogP contribution in [0.15, 0.2) is 4.42 Å². The molecular formula is C9H16N4O. The van der Waals surface area contributed by atoms with Gasteiger partial charge in [0.15, 0.2) is 0 Å². The van der Waals surface area contributed by atoms with E-state index in [1.54, 1.807) is 0 Å². The van der Waals surface area contributed by atoms with Gasteiger partial charge < -0.3 is 15.1 Å². The van der Waals surface area contributed by atoms with Crippen LogP contribution in [0.5, 0.6) is 0 Å². The van der Waals surface area contributed by atoms with Gasteiger partial charge in [0.25, 0.3) is 0 Å². The normalized spacial score (nSPS) is 27.2. The molecule has 5 heteroatoms. The molecule has 0 amide bonds. The fourth-order valence-electron chi connectivity index (χ4n) is 1.74. The van der Waals surface area contributed by atoms with Crippen molar-refractivity contribution in [1.82, 2.24) is 10.2 Å². The van der Waals surface area contributed by atoms with Crippen molar-refractivity contribution >= 4 is 6.01 Å². The summed E-state index contributed by atoms with van der Waals surface area (Å²) in [5.41, 5.74) is 5.40. The first-order valence-electron chi connectivity index (χ1n) is 4.98. The number of aromatic nitrogens is 2. The molecule has 2 N–H and O–H groups in total. The van der Waals surface area contributed by atoms with Crippen molar-refractivity contribution in [2.24, 2.45) is 17.6 Å². The molecular weight excluding hydrogens is 180 g/mol. The van der Waals surface area contributed by atoms with Crippen molar-refractivity contribution < 1.29 is 4.42 Å². The molecule has 78 valence electrons. The van der Waals surface area contributed by atoms with Gasteiger partial charge in [-0.1, -0.05) is 18.9 Å². The van der Waals surface area contributed by atoms with Crippen LogP contribution in [0.3, 0.4) is 0 Å². The summed E-state index contributed by atoms with van der Waals surface area (Å²) in [5.74, 6) is 1.87. The van der Waals surface area contributed by atoms with E-state index in [1.165, 1.54) is 0 Å². The highest BCUT2D eigenvalue weighted by molar-refractivity contribution is 5.26. The summed E-state index contributed by atoms with van der Waals surface area (Å²) >= 11 is 0. The summed E-state index contributed by atoms with van der Waals surface area (Å²) in [6, 6.07) is 0.613. The molecule has 2 heterocycles. The Morgan fingerprint density at radius 2 is 2.00 bits per heavy atom. The number of rotatable bonds is 2. The van der Waals surface area contributed by atoms with Crippen LogP contribution >= 0.6 is 0 Å². The van der Waals surface area contributed by atoms with Gasteiger partial charge in [0.2, 0.25) is 5.89 Å². The Balaban J connectivity index is 2.09. The van der Waals surface area contributed by atoms with Crippen LogP contribution in [0.4, 0.5) is 6.01 Å². The summed E-state index contributed by atoms with van der Waals surface area (Å²) < 4.78 is 5.39. The fraction of sp³-hybridized carbons (Fsp3) is 0.778. The zero-order valence-electron chi connectivity index (χ0n) is 8.60. The van der Waals surface area contributed by atoms with Gasteiger partial charge in [-0.15, -0.1) is 5.10 Å². The lowest BCUT2D eigenvalue weighted by Crippen LogP contribution is -2.19. The van der Waals surface area contributed by atoms with Crippen molar-refractivity contribution in [1.29, 1.82) is 0 Å². The minimum Gasteiger partial charge on any atom is -0.407 e. The van der Waals surface area contributed by atoms with Gasteiger partial charge >= 0.3 is 6.01 Å². The van der Waals surface area contributed by atoms with Crippen molar-refractivity contribution in [3.63, 3.8) is 0 Å². The minimum absolute atomic E-state index is 0.311. The Kier molecular flexibility index (Phi) is 2.41. The molecule has 0 bridgehead atoms. The van der Waals surface area contributed by atoms with Gasteiger partial charge in [0.05, 0.1) is 6.54 Å². The van der Waals surface area contributed by atoms with Gasteiger partial charge in [-0.2, -0.15) is 0 Å². The molecule has 0 spiro atoms. The number of hydrogen-bond acceptors (Lipinski definition) is 5. The molecule has 1 aliphatic heterocycles. The van der Waals surface area contributed by atoms with E-state index < -0.39 is 0 Å². The first-order chi connectivity index (χ1) is 6.70. The smallest absolute Gasteiger partial charge is 0.318 e. The minimum atomic E-state index is 0.311. The monoisotopic (exact) mass is 196 g/mol. The predicted molar refractivity (Wildman–Crippen MR) is 52.7 cm³/mol. The standard InChI is InChI=1S/C9H16N4O/c1-6-4-13(5-7(6)2)9-12-11-8(3-10)14-9/h6-7H,3-5,10H2,1-2H3. The van der Waals surface area contributed by atoms with Crippen LogP contribution in [0.1, 0.15) is 19.7 Å². The molecule has 0 aromatic carbocycles. The van der Waals surface area contributed by atoms with Gasteiger partial charge in [-0.25, -0.2) is 0 Å². The van der Waals surface area contributed by atoms with E-state index in [0.717, 1.165) is 13.1 Å². The van der Waals surface area contributed by atoms with E-state index in [0.29, 0.717) is 30.3 Å². The third kappa shape index (κ3) is 1.59. The summed E-state index contributed by atoms with van der Waals surface area (Å²) in [6.07, 6.45) is 0. The lowest BCUT2D eigenvalue weighted by molar-refractivity contribution is 0.490. The number of nitrogens with zero attached hydrogens (tertiary/aromatic N) is 3. The first-order valence-corrected chi connectivity index (χ1v) is 4.98. The number of nitrogens with two attached hydrogens (primary N) is 1. The quantitative estimate of drug-likeness (QED) is 0.751. The van der Waals surface area contributed by atoms with Gasteiger partial charge in [-0.05, 0) is 11.8 Å². The third-order valence-electron chi connectivity index (χ3n) is 2.89. The topological polar surface area (TPSA) is 68.2 Å². The molecule has 0 aliphatic carbocycles. The average Bonchev–Trinajstić information content (AvgIpc) is 2.74. The van der Waals surface area contributed by atoms with E-state index in [2.05, 4.69) is 28.9 Å². The maximum absolute atomic E-state index is 5.40. The van der Waals surface area contributed by atoms with Gasteiger partial charge in [-0.3, -0.25) is 0 Å². The van der Waals surface area contributed by atoms with Crippen molar-refractivity contribution in [3.8, 4) is 0 Å². The van der Waals surface area contributed by atoms with Crippen LogP contribution < -0.4 is 10.6 Å². The summed E-state index contributed by atoms with van der Waals surface area (Å²) in [4.78, 5) is 2.13. The van der Waals surface area contributed by atoms with E-state index in [-0.39, 0.29) is 0 Å². The van der Waals surface area contributed by atoms with E-state index in [1.807, 2.05) is 0 Å². The van der Waals surface area contributed by atoms with Crippen LogP contribution in [0, 0.1) is 11.8 Å². The van der Waals surface area contributed by atoms with E-state index in [9.17, 15) is 0 Å². The Bertz CT molecular complexity index is 302. The van der Waals surface area contributed by atoms with Crippen molar-refractivity contribution in [2.75, 3.05) is 18.0 Å². The highest BCUT2D eigenvalue weighted by atomic mass is 16.4. The summed E-state index contributed by atoms with van der Waals surface area (Å²) in [5, 5.41) is 7.81. The molecule has 2 unspecified atom stereocenters. The molecule has 1 fully saturated rings. The Morgan fingerprint density at radius 3 is 2.50 bits per heavy atom. The molecule has 1 saturated heterocycles. The van der Waals surface area contributed by atoms with Gasteiger partial charge in [0.1, 0.15) is 0 Å². The van der Waals surface area contributed by atoms with Crippen molar-refractivity contribution in [2.45, 2.75) is 20.4 Å². The molecule has 1 aromatic heterocycles. The molecule has 0 saturated carbocycles. The predicted octanol–water partition coefficient (Wildman–Crippen LogP) is 0.620. The van der Waals surface area contributed by atoms with E-state index >= 15 is 0 Å². The number of anilines is 1. The molecule has 5 nitrogen and oxygen atoms in total. The molecule has 0 radical (unpaired) electrons. The number of hydrogen-bond donors (Lipinski definition) is 1. The van der Waals surface area contributed by atoms with Crippen LogP contribution in [-0.2, 0) is 6.54 Å². The Morgan fingerprint density at radius 1 is 1.36 bits per heavy atom. The second-order valence-corrected chi connectivity index (χ2v) is 4.04. The zero-order chi connectivity index (χ0) is 10.1. The SMILES string of the molecule is CC1CN(c2nnc(CN)o2)CC1C. The van der Waals surface area contributed by atoms with Crippen LogP contribution in [-0.4, -0.2) is 23.3 Å². The second kappa shape index (κ2) is 3.57. The van der Waals surface area contributed by atoms with Crippen molar-refractivity contribution in [3.05, 3.63) is 5.89 Å². The lowest BCUT2D eigenvalue weighted by atomic mass is 10.0. The Hall–Kier alpha value is -1.10. The van der Waals surface area contributed by atoms with Crippen LogP contribution in [0.2, 0.25) is 0 Å². The first kappa shape index (κ1) is 9.45. The maximum Gasteiger partial charge on any atom is 0.318 e. The third-order valence-corrected chi connectivity index (χ3v) is 2.89. The molecule has 1 aromatic rings. The van der Waals surface area contributed by atoms with Crippen LogP contribution in [0.25, 0.3) is 0 Å². The summed E-state index contributed by atoms with van der Waals surface area (Å²) in [7, 11) is 0. The Labute approximate surface area is 83.3 Å². The molecule has 14 heavy (non-hydrogen) atoms. The maximum atomic E-state index is 5.40. The lowest BCUT2D eigenvalue weighted by Gasteiger charge is -2.10. The zero-order valence-corrected chi connectivity index (χ0v) is 8.60. The average molecular weight is 196 g/mol. The molecule has 1 aliphatic rings. The molecule has 2 atom stereocenters. The fourth-order valence-corrected chi connectivity index (χ4v) is 1.74. The summed E-state index contributed by atoms with van der Waals surface area (Å²) in [6.45, 7) is 6.78. The van der Waals surface area contributed by atoms with E-state index in [4.69, 9.17) is 10.2 Å². The highest BCUT2D eigenvalue weighted by Crippen LogP contribution is 2.26. The highest BCUT2D eigenvalue weighted by Gasteiger charge is 2.29. The molecule has 2 rings (SSSR count). The second-order valence-electron chi connectivity index (χ2n) is 4.04. The van der Waals surface area contributed by atoms with Gasteiger partial charge in [0, 0.05) is 13.1 Å².